The van der Waals surface area contributed by atoms with Crippen LogP contribution in [-0.4, -0.2) is 6.54 Å². The third kappa shape index (κ3) is 1.46. The zero-order valence-electron chi connectivity index (χ0n) is 9.30. The fourth-order valence-electron chi connectivity index (χ4n) is 2.16. The maximum Gasteiger partial charge on any atom is 0.0386 e. The fraction of sp³-hybridized carbons (Fsp3) is 0.538. The van der Waals surface area contributed by atoms with Crippen molar-refractivity contribution in [2.24, 2.45) is 5.41 Å². The predicted octanol–water partition coefficient (Wildman–Crippen LogP) is 3.06. The van der Waals surface area contributed by atoms with Crippen LogP contribution in [-0.2, 0) is 0 Å². The second-order valence-corrected chi connectivity index (χ2v) is 4.73. The molecular weight excluding hydrogens is 170 g/mol. The lowest BCUT2D eigenvalue weighted by molar-refractivity contribution is 0.0989. The van der Waals surface area contributed by atoms with Gasteiger partial charge in [0.1, 0.15) is 0 Å². The largest absolute Gasteiger partial charge is 0.309 e. The highest BCUT2D eigenvalue weighted by atomic mass is 15.0. The number of rotatable bonds is 2. The maximum atomic E-state index is 3.52. The minimum Gasteiger partial charge on any atom is -0.309 e. The Morgan fingerprint density at radius 1 is 1.36 bits per heavy atom. The first-order valence-electron chi connectivity index (χ1n) is 5.46. The molecule has 14 heavy (non-hydrogen) atoms. The number of benzene rings is 1. The van der Waals surface area contributed by atoms with Crippen LogP contribution in [0.25, 0.3) is 0 Å². The van der Waals surface area contributed by atoms with Gasteiger partial charge in [0.15, 0.2) is 0 Å². The van der Waals surface area contributed by atoms with Crippen LogP contribution in [0, 0.1) is 12.3 Å². The molecule has 1 aromatic rings. The summed E-state index contributed by atoms with van der Waals surface area (Å²) in [5, 5.41) is 3.52. The van der Waals surface area contributed by atoms with Gasteiger partial charge in [-0.15, -0.1) is 0 Å². The van der Waals surface area contributed by atoms with Gasteiger partial charge in [0.25, 0.3) is 0 Å². The summed E-state index contributed by atoms with van der Waals surface area (Å²) in [5.41, 5.74) is 3.24. The Morgan fingerprint density at radius 2 is 2.00 bits per heavy atom. The van der Waals surface area contributed by atoms with E-state index in [1.807, 2.05) is 0 Å². The Balaban J connectivity index is 2.20. The average Bonchev–Trinajstić information content (AvgIpc) is 2.18. The van der Waals surface area contributed by atoms with Gasteiger partial charge in [-0.1, -0.05) is 43.7 Å². The number of nitrogens with one attached hydrogen (secondary N) is 1. The smallest absolute Gasteiger partial charge is 0.0386 e. The Hall–Kier alpha value is -0.820. The molecular formula is C13H19N. The second kappa shape index (κ2) is 3.39. The van der Waals surface area contributed by atoms with Crippen molar-refractivity contribution in [2.45, 2.75) is 33.2 Å². The van der Waals surface area contributed by atoms with Gasteiger partial charge in [-0.05, 0) is 24.3 Å². The topological polar surface area (TPSA) is 12.0 Å². The highest BCUT2D eigenvalue weighted by Crippen LogP contribution is 2.43. The van der Waals surface area contributed by atoms with Crippen LogP contribution in [0.1, 0.15) is 37.4 Å². The van der Waals surface area contributed by atoms with E-state index in [0.717, 1.165) is 6.54 Å². The van der Waals surface area contributed by atoms with Crippen LogP contribution < -0.4 is 5.32 Å². The molecule has 2 unspecified atom stereocenters. The van der Waals surface area contributed by atoms with Gasteiger partial charge < -0.3 is 5.32 Å². The van der Waals surface area contributed by atoms with E-state index in [2.05, 4.69) is 50.4 Å². The summed E-state index contributed by atoms with van der Waals surface area (Å²) in [4.78, 5) is 0. The minimum atomic E-state index is 0.468. The summed E-state index contributed by atoms with van der Waals surface area (Å²) in [5.74, 6) is 0. The molecule has 1 aromatic carbocycles. The number of hydrogen-bond donors (Lipinski definition) is 1. The van der Waals surface area contributed by atoms with E-state index in [9.17, 15) is 0 Å². The standard InChI is InChI=1S/C13H19N/c1-4-13(3)9-14-12(13)11-7-5-10(2)6-8-11/h5-8,12,14H,4,9H2,1-3H3. The normalized spacial score (nSPS) is 31.2. The Morgan fingerprint density at radius 3 is 2.43 bits per heavy atom. The zero-order chi connectivity index (χ0) is 10.2. The first-order chi connectivity index (χ1) is 6.65. The molecule has 1 saturated heterocycles. The van der Waals surface area contributed by atoms with E-state index in [1.165, 1.54) is 17.5 Å². The summed E-state index contributed by atoms with van der Waals surface area (Å²) < 4.78 is 0. The van der Waals surface area contributed by atoms with Crippen LogP contribution in [0.2, 0.25) is 0 Å². The monoisotopic (exact) mass is 189 g/mol. The van der Waals surface area contributed by atoms with Crippen molar-refractivity contribution in [2.75, 3.05) is 6.54 Å². The summed E-state index contributed by atoms with van der Waals surface area (Å²) >= 11 is 0. The summed E-state index contributed by atoms with van der Waals surface area (Å²) in [6, 6.07) is 9.46. The summed E-state index contributed by atoms with van der Waals surface area (Å²) in [6.07, 6.45) is 1.25. The molecule has 0 spiro atoms. The molecule has 0 amide bonds. The van der Waals surface area contributed by atoms with Crippen LogP contribution in [0.5, 0.6) is 0 Å². The van der Waals surface area contributed by atoms with E-state index < -0.39 is 0 Å². The Labute approximate surface area is 86.5 Å². The van der Waals surface area contributed by atoms with Gasteiger partial charge in [0, 0.05) is 12.6 Å². The van der Waals surface area contributed by atoms with Crippen molar-refractivity contribution in [3.8, 4) is 0 Å². The third-order valence-electron chi connectivity index (χ3n) is 3.63. The van der Waals surface area contributed by atoms with E-state index >= 15 is 0 Å². The first-order valence-corrected chi connectivity index (χ1v) is 5.46. The molecule has 0 radical (unpaired) electrons. The molecule has 76 valence electrons. The van der Waals surface area contributed by atoms with Crippen LogP contribution in [0.4, 0.5) is 0 Å². The summed E-state index contributed by atoms with van der Waals surface area (Å²) in [7, 11) is 0. The van der Waals surface area contributed by atoms with Crippen LogP contribution in [0.15, 0.2) is 24.3 Å². The third-order valence-corrected chi connectivity index (χ3v) is 3.63. The van der Waals surface area contributed by atoms with E-state index in [1.54, 1.807) is 0 Å². The van der Waals surface area contributed by atoms with Crippen molar-refractivity contribution in [3.05, 3.63) is 35.4 Å². The van der Waals surface area contributed by atoms with Crippen molar-refractivity contribution in [1.82, 2.24) is 5.32 Å². The SMILES string of the molecule is CCC1(C)CNC1c1ccc(C)cc1. The van der Waals surface area contributed by atoms with Crippen molar-refractivity contribution >= 4 is 0 Å². The fourth-order valence-corrected chi connectivity index (χ4v) is 2.16. The molecule has 0 bridgehead atoms. The Kier molecular flexibility index (Phi) is 2.36. The lowest BCUT2D eigenvalue weighted by Crippen LogP contribution is -2.53. The van der Waals surface area contributed by atoms with Gasteiger partial charge in [0.05, 0.1) is 0 Å². The average molecular weight is 189 g/mol. The molecule has 1 heterocycles. The van der Waals surface area contributed by atoms with Crippen molar-refractivity contribution in [3.63, 3.8) is 0 Å². The van der Waals surface area contributed by atoms with Crippen molar-refractivity contribution in [1.29, 1.82) is 0 Å². The second-order valence-electron chi connectivity index (χ2n) is 4.73. The maximum absolute atomic E-state index is 3.52. The molecule has 1 aliphatic rings. The molecule has 1 nitrogen and oxygen atoms in total. The van der Waals surface area contributed by atoms with E-state index in [4.69, 9.17) is 0 Å². The lowest BCUT2D eigenvalue weighted by Gasteiger charge is -2.48. The zero-order valence-corrected chi connectivity index (χ0v) is 9.30. The predicted molar refractivity (Wildman–Crippen MR) is 60.3 cm³/mol. The van der Waals surface area contributed by atoms with Crippen LogP contribution >= 0.6 is 0 Å². The molecule has 1 fully saturated rings. The van der Waals surface area contributed by atoms with Gasteiger partial charge in [-0.2, -0.15) is 0 Å². The van der Waals surface area contributed by atoms with Gasteiger partial charge in [-0.3, -0.25) is 0 Å². The van der Waals surface area contributed by atoms with Gasteiger partial charge in [0.2, 0.25) is 0 Å². The minimum absolute atomic E-state index is 0.468. The molecule has 1 aliphatic heterocycles. The molecule has 0 aromatic heterocycles. The molecule has 0 aliphatic carbocycles. The Bertz CT molecular complexity index is 311. The molecule has 1 N–H and O–H groups in total. The molecule has 2 rings (SSSR count). The van der Waals surface area contributed by atoms with E-state index in [-0.39, 0.29) is 0 Å². The molecule has 0 saturated carbocycles. The van der Waals surface area contributed by atoms with Crippen LogP contribution in [0.3, 0.4) is 0 Å². The number of hydrogen-bond acceptors (Lipinski definition) is 1. The van der Waals surface area contributed by atoms with Gasteiger partial charge in [-0.25, -0.2) is 0 Å². The van der Waals surface area contributed by atoms with E-state index in [0.29, 0.717) is 11.5 Å². The first kappa shape index (κ1) is 9.72. The van der Waals surface area contributed by atoms with Gasteiger partial charge >= 0.3 is 0 Å². The number of aryl methyl sites for hydroxylation is 1. The summed E-state index contributed by atoms with van der Waals surface area (Å²) in [6.45, 7) is 7.94. The molecule has 2 atom stereocenters. The highest BCUT2D eigenvalue weighted by Gasteiger charge is 2.41. The van der Waals surface area contributed by atoms with Crippen molar-refractivity contribution < 1.29 is 0 Å². The molecule has 1 heteroatoms. The lowest BCUT2D eigenvalue weighted by atomic mass is 9.70. The highest BCUT2D eigenvalue weighted by molar-refractivity contribution is 5.27. The quantitative estimate of drug-likeness (QED) is 0.754.